The van der Waals surface area contributed by atoms with Crippen LogP contribution in [0.1, 0.15) is 5.56 Å². The summed E-state index contributed by atoms with van der Waals surface area (Å²) in [5.41, 5.74) is 0.0227. The summed E-state index contributed by atoms with van der Waals surface area (Å²) in [4.78, 5) is 0. The summed E-state index contributed by atoms with van der Waals surface area (Å²) in [6, 6.07) is 14.0. The van der Waals surface area contributed by atoms with E-state index < -0.39 is 5.54 Å². The fourth-order valence-electron chi connectivity index (χ4n) is 2.05. The molecule has 0 spiro atoms. The Labute approximate surface area is 112 Å². The third-order valence-corrected chi connectivity index (χ3v) is 3.44. The molecule has 0 fully saturated rings. The number of aliphatic hydroxyl groups is 3. The van der Waals surface area contributed by atoms with E-state index in [2.05, 4.69) is 5.32 Å². The van der Waals surface area contributed by atoms with Crippen molar-refractivity contribution in [2.75, 3.05) is 19.8 Å². The number of hydrogen-bond acceptors (Lipinski definition) is 4. The largest absolute Gasteiger partial charge is 0.394 e. The van der Waals surface area contributed by atoms with Crippen LogP contribution in [0.4, 0.5) is 0 Å². The Morgan fingerprint density at radius 3 is 2.16 bits per heavy atom. The van der Waals surface area contributed by atoms with E-state index in [1.165, 1.54) is 0 Å². The molecule has 19 heavy (non-hydrogen) atoms. The fraction of sp³-hybridized carbons (Fsp3) is 0.333. The van der Waals surface area contributed by atoms with E-state index in [0.29, 0.717) is 6.54 Å². The highest BCUT2D eigenvalue weighted by molar-refractivity contribution is 5.85. The van der Waals surface area contributed by atoms with E-state index >= 15 is 0 Å². The quantitative estimate of drug-likeness (QED) is 0.616. The molecule has 0 aliphatic carbocycles. The van der Waals surface area contributed by atoms with Crippen LogP contribution in [-0.2, 0) is 6.54 Å². The molecule has 2 rings (SSSR count). The predicted molar refractivity (Wildman–Crippen MR) is 74.8 cm³/mol. The second-order valence-electron chi connectivity index (χ2n) is 4.75. The molecule has 0 saturated carbocycles. The molecule has 0 saturated heterocycles. The van der Waals surface area contributed by atoms with E-state index in [4.69, 9.17) is 0 Å². The van der Waals surface area contributed by atoms with Gasteiger partial charge >= 0.3 is 0 Å². The SMILES string of the molecule is OCC(CO)(CO)NCc1cccc2ccccc12. The summed E-state index contributed by atoms with van der Waals surface area (Å²) in [7, 11) is 0. The normalized spacial score (nSPS) is 11.9. The van der Waals surface area contributed by atoms with Gasteiger partial charge in [-0.1, -0.05) is 42.5 Å². The third kappa shape index (κ3) is 2.93. The first-order valence-corrected chi connectivity index (χ1v) is 6.29. The van der Waals surface area contributed by atoms with E-state index in [1.807, 2.05) is 42.5 Å². The maximum atomic E-state index is 9.29. The zero-order valence-corrected chi connectivity index (χ0v) is 10.7. The lowest BCUT2D eigenvalue weighted by Crippen LogP contribution is -2.54. The monoisotopic (exact) mass is 261 g/mol. The van der Waals surface area contributed by atoms with Crippen LogP contribution in [0.2, 0.25) is 0 Å². The van der Waals surface area contributed by atoms with Crippen molar-refractivity contribution in [3.05, 3.63) is 48.0 Å². The van der Waals surface area contributed by atoms with Gasteiger partial charge in [0.05, 0.1) is 25.4 Å². The van der Waals surface area contributed by atoms with Crippen LogP contribution in [0.3, 0.4) is 0 Å². The minimum Gasteiger partial charge on any atom is -0.394 e. The molecule has 2 aromatic carbocycles. The van der Waals surface area contributed by atoms with Crippen molar-refractivity contribution in [1.82, 2.24) is 5.32 Å². The smallest absolute Gasteiger partial charge is 0.0884 e. The van der Waals surface area contributed by atoms with Crippen molar-refractivity contribution in [2.24, 2.45) is 0 Å². The lowest BCUT2D eigenvalue weighted by Gasteiger charge is -2.29. The first-order chi connectivity index (χ1) is 9.24. The number of fused-ring (bicyclic) bond motifs is 1. The number of aliphatic hydroxyl groups excluding tert-OH is 3. The summed E-state index contributed by atoms with van der Waals surface area (Å²) in [6.45, 7) is -0.469. The van der Waals surface area contributed by atoms with Crippen LogP contribution < -0.4 is 5.32 Å². The van der Waals surface area contributed by atoms with Crippen molar-refractivity contribution in [2.45, 2.75) is 12.1 Å². The summed E-state index contributed by atoms with van der Waals surface area (Å²) in [6.07, 6.45) is 0. The van der Waals surface area contributed by atoms with E-state index in [1.54, 1.807) is 0 Å². The molecule has 0 aliphatic heterocycles. The van der Waals surface area contributed by atoms with Crippen molar-refractivity contribution < 1.29 is 15.3 Å². The zero-order chi connectivity index (χ0) is 13.7. The third-order valence-electron chi connectivity index (χ3n) is 3.44. The second-order valence-corrected chi connectivity index (χ2v) is 4.75. The molecule has 4 N–H and O–H groups in total. The van der Waals surface area contributed by atoms with Gasteiger partial charge in [0.2, 0.25) is 0 Å². The Kier molecular flexibility index (Phi) is 4.50. The van der Waals surface area contributed by atoms with Gasteiger partial charge < -0.3 is 20.6 Å². The molecule has 0 heterocycles. The Hall–Kier alpha value is -1.46. The van der Waals surface area contributed by atoms with Crippen LogP contribution >= 0.6 is 0 Å². The van der Waals surface area contributed by atoms with Gasteiger partial charge in [-0.3, -0.25) is 0 Å². The molecule has 4 nitrogen and oxygen atoms in total. The second kappa shape index (κ2) is 6.12. The highest BCUT2D eigenvalue weighted by Crippen LogP contribution is 2.19. The maximum Gasteiger partial charge on any atom is 0.0884 e. The van der Waals surface area contributed by atoms with Crippen LogP contribution in [0, 0.1) is 0 Å². The van der Waals surface area contributed by atoms with Gasteiger partial charge in [-0.25, -0.2) is 0 Å². The summed E-state index contributed by atoms with van der Waals surface area (Å²) in [5, 5.41) is 33.2. The topological polar surface area (TPSA) is 72.7 Å². The number of hydrogen-bond donors (Lipinski definition) is 4. The van der Waals surface area contributed by atoms with Gasteiger partial charge in [0.15, 0.2) is 0 Å². The first-order valence-electron chi connectivity index (χ1n) is 6.29. The lowest BCUT2D eigenvalue weighted by atomic mass is 10.0. The molecule has 0 bridgehead atoms. The van der Waals surface area contributed by atoms with Gasteiger partial charge in [-0.15, -0.1) is 0 Å². The Morgan fingerprint density at radius 2 is 1.47 bits per heavy atom. The van der Waals surface area contributed by atoms with E-state index in [9.17, 15) is 15.3 Å². The molecule has 0 unspecified atom stereocenters. The molecule has 0 radical (unpaired) electrons. The molecule has 102 valence electrons. The molecule has 2 aromatic rings. The van der Waals surface area contributed by atoms with Crippen molar-refractivity contribution >= 4 is 10.8 Å². The molecule has 0 aromatic heterocycles. The van der Waals surface area contributed by atoms with Gasteiger partial charge in [0, 0.05) is 6.54 Å². The Morgan fingerprint density at radius 1 is 0.842 bits per heavy atom. The van der Waals surface area contributed by atoms with Crippen molar-refractivity contribution in [3.63, 3.8) is 0 Å². The minimum absolute atomic E-state index is 0.315. The molecule has 0 atom stereocenters. The molecule has 0 aliphatic rings. The standard InChI is InChI=1S/C15H19NO3/c17-9-15(10-18,11-19)16-8-13-6-3-5-12-4-1-2-7-14(12)13/h1-7,16-19H,8-11H2. The average Bonchev–Trinajstić information content (AvgIpc) is 2.49. The van der Waals surface area contributed by atoms with E-state index in [0.717, 1.165) is 16.3 Å². The van der Waals surface area contributed by atoms with Gasteiger partial charge in [-0.2, -0.15) is 0 Å². The molecular weight excluding hydrogens is 242 g/mol. The summed E-state index contributed by atoms with van der Waals surface area (Å²) < 4.78 is 0. The van der Waals surface area contributed by atoms with Crippen molar-refractivity contribution in [1.29, 1.82) is 0 Å². The first kappa shape index (κ1) is 14.0. The summed E-state index contributed by atoms with van der Waals surface area (Å²) >= 11 is 0. The molecule has 4 heteroatoms. The van der Waals surface area contributed by atoms with Crippen molar-refractivity contribution in [3.8, 4) is 0 Å². The maximum absolute atomic E-state index is 9.29. The Balaban J connectivity index is 2.22. The average molecular weight is 261 g/mol. The van der Waals surface area contributed by atoms with Crippen LogP contribution in [0.5, 0.6) is 0 Å². The van der Waals surface area contributed by atoms with Crippen LogP contribution in [-0.4, -0.2) is 40.7 Å². The Bertz CT molecular complexity index is 524. The highest BCUT2D eigenvalue weighted by atomic mass is 16.3. The predicted octanol–water partition coefficient (Wildman–Crippen LogP) is 0.645. The highest BCUT2D eigenvalue weighted by Gasteiger charge is 2.27. The minimum atomic E-state index is -1.04. The number of benzene rings is 2. The lowest BCUT2D eigenvalue weighted by molar-refractivity contribution is 0.0414. The van der Waals surface area contributed by atoms with Crippen LogP contribution in [0.25, 0.3) is 10.8 Å². The van der Waals surface area contributed by atoms with E-state index in [-0.39, 0.29) is 19.8 Å². The van der Waals surface area contributed by atoms with Gasteiger partial charge in [-0.05, 0) is 16.3 Å². The number of rotatable bonds is 6. The molecule has 0 amide bonds. The fourth-order valence-corrected chi connectivity index (χ4v) is 2.05. The number of nitrogens with one attached hydrogen (secondary N) is 1. The van der Waals surface area contributed by atoms with Crippen LogP contribution in [0.15, 0.2) is 42.5 Å². The van der Waals surface area contributed by atoms with Gasteiger partial charge in [0.1, 0.15) is 0 Å². The van der Waals surface area contributed by atoms with Gasteiger partial charge in [0.25, 0.3) is 0 Å². The summed E-state index contributed by atoms with van der Waals surface area (Å²) in [5.74, 6) is 0. The molecular formula is C15H19NO3. The zero-order valence-electron chi connectivity index (χ0n) is 10.7.